The molecule has 5 atom stereocenters. The van der Waals surface area contributed by atoms with Gasteiger partial charge in [0.05, 0.1) is 12.8 Å². The van der Waals surface area contributed by atoms with Crippen LogP contribution in [0.5, 0.6) is 0 Å². The molecule has 1 amide bonds. The molecule has 0 spiro atoms. The van der Waals surface area contributed by atoms with Gasteiger partial charge in [0.25, 0.3) is 0 Å². The molecule has 2 heterocycles. The smallest absolute Gasteiger partial charge is 0.249 e. The molecule has 1 aromatic heterocycles. The Morgan fingerprint density at radius 3 is 2.83 bits per heavy atom. The van der Waals surface area contributed by atoms with Crippen molar-refractivity contribution in [2.75, 3.05) is 13.7 Å². The molecule has 1 aliphatic heterocycles. The molecule has 1 saturated heterocycles. The number of aliphatic hydroxyl groups is 3. The van der Waals surface area contributed by atoms with Gasteiger partial charge in [-0.1, -0.05) is 28.9 Å². The number of amides is 1. The Labute approximate surface area is 170 Å². The van der Waals surface area contributed by atoms with Crippen LogP contribution in [0.1, 0.15) is 6.04 Å². The Morgan fingerprint density at radius 2 is 2.17 bits per heavy atom. The number of rotatable bonds is 5. The third-order valence-corrected chi connectivity index (χ3v) is 4.86. The van der Waals surface area contributed by atoms with Gasteiger partial charge in [0.1, 0.15) is 35.9 Å². The number of hydrogen-bond acceptors (Lipinski definition) is 7. The lowest BCUT2D eigenvalue weighted by Gasteiger charge is -2.44. The van der Waals surface area contributed by atoms with Crippen LogP contribution in [0, 0.1) is 5.82 Å². The molecule has 3 rings (SSSR count). The summed E-state index contributed by atoms with van der Waals surface area (Å²) in [6, 6.07) is 4.63. The topological polar surface area (TPSA) is 121 Å². The van der Waals surface area contributed by atoms with Gasteiger partial charge in [-0.15, -0.1) is 5.10 Å². The monoisotopic (exact) mass is 426 g/mol. The zero-order chi connectivity index (χ0) is 21.1. The molecular formula is C18H20ClFN4O5. The van der Waals surface area contributed by atoms with E-state index in [1.807, 2.05) is 0 Å². The largest absolute Gasteiger partial charge is 0.394 e. The second-order valence-corrected chi connectivity index (χ2v) is 6.81. The van der Waals surface area contributed by atoms with Crippen molar-refractivity contribution in [1.29, 1.82) is 0 Å². The zero-order valence-electron chi connectivity index (χ0n) is 15.3. The fraction of sp³-hybridized carbons (Fsp3) is 0.389. The average Bonchev–Trinajstić information content (AvgIpc) is 3.18. The first-order valence-corrected chi connectivity index (χ1v) is 9.14. The number of ether oxygens (including phenoxy) is 1. The number of hydrogen-bond donors (Lipinski definition) is 3. The van der Waals surface area contributed by atoms with Crippen molar-refractivity contribution in [1.82, 2.24) is 19.9 Å². The number of aromatic nitrogens is 3. The van der Waals surface area contributed by atoms with Gasteiger partial charge in [0.2, 0.25) is 5.91 Å². The summed E-state index contributed by atoms with van der Waals surface area (Å²) in [6.07, 6.45) is -2.53. The Hall–Kier alpha value is -2.37. The van der Waals surface area contributed by atoms with Gasteiger partial charge in [-0.05, 0) is 12.1 Å². The number of likely N-dealkylation sites (N-methyl/N-ethyl adjacent to an activating group) is 1. The van der Waals surface area contributed by atoms with E-state index < -0.39 is 48.9 Å². The zero-order valence-corrected chi connectivity index (χ0v) is 16.1. The summed E-state index contributed by atoms with van der Waals surface area (Å²) in [5, 5.41) is 38.9. The molecule has 29 heavy (non-hydrogen) atoms. The average molecular weight is 427 g/mol. The highest BCUT2D eigenvalue weighted by atomic mass is 35.5. The molecule has 156 valence electrons. The Bertz CT molecular complexity index is 895. The Balaban J connectivity index is 1.93. The van der Waals surface area contributed by atoms with Crippen molar-refractivity contribution >= 4 is 17.5 Å². The summed E-state index contributed by atoms with van der Waals surface area (Å²) < 4.78 is 20.2. The number of carbonyl (C=O) groups excluding carboxylic acids is 1. The molecule has 2 aromatic rings. The molecule has 0 aliphatic carbocycles. The van der Waals surface area contributed by atoms with E-state index >= 15 is 0 Å². The summed E-state index contributed by atoms with van der Waals surface area (Å²) in [5.74, 6) is -0.994. The molecule has 0 saturated carbocycles. The van der Waals surface area contributed by atoms with Crippen molar-refractivity contribution in [3.63, 3.8) is 0 Å². The highest BCUT2D eigenvalue weighted by molar-refractivity contribution is 6.26. The summed E-state index contributed by atoms with van der Waals surface area (Å²) in [4.78, 5) is 13.2. The van der Waals surface area contributed by atoms with Crippen LogP contribution in [-0.4, -0.2) is 79.3 Å². The lowest BCUT2D eigenvalue weighted by molar-refractivity contribution is -0.240. The standard InChI is InChI=1S/C18H20ClFN4O5/c1-23(14(26)5-6-19)18-17(28)15(16(27)13(9-25)29-18)24-8-12(21-22-24)10-3-2-4-11(20)7-10/h2-8,13,15-18,25,27-28H,9H2,1H3/b6-5-/t13?,15?,16-,17?,18+/m0/s1. The van der Waals surface area contributed by atoms with Crippen LogP contribution >= 0.6 is 11.6 Å². The van der Waals surface area contributed by atoms with E-state index in [1.54, 1.807) is 6.07 Å². The van der Waals surface area contributed by atoms with E-state index in [0.717, 1.165) is 16.5 Å². The van der Waals surface area contributed by atoms with Gasteiger partial charge in [-0.25, -0.2) is 9.07 Å². The van der Waals surface area contributed by atoms with Gasteiger partial charge in [-0.3, -0.25) is 4.79 Å². The number of carbonyl (C=O) groups is 1. The first-order valence-electron chi connectivity index (χ1n) is 8.71. The minimum Gasteiger partial charge on any atom is -0.394 e. The quantitative estimate of drug-likeness (QED) is 0.587. The van der Waals surface area contributed by atoms with Crippen LogP contribution in [0.3, 0.4) is 0 Å². The summed E-state index contributed by atoms with van der Waals surface area (Å²) in [7, 11) is 1.38. The maximum Gasteiger partial charge on any atom is 0.249 e. The predicted molar refractivity (Wildman–Crippen MR) is 100.0 cm³/mol. The number of aliphatic hydroxyl groups excluding tert-OH is 3. The summed E-state index contributed by atoms with van der Waals surface area (Å²) in [6.45, 7) is -0.556. The molecule has 1 fully saturated rings. The van der Waals surface area contributed by atoms with E-state index in [-0.39, 0.29) is 0 Å². The molecule has 11 heteroatoms. The van der Waals surface area contributed by atoms with Crippen molar-refractivity contribution in [3.8, 4) is 11.3 Å². The maximum absolute atomic E-state index is 13.5. The molecule has 0 radical (unpaired) electrons. The molecule has 1 aromatic carbocycles. The number of nitrogens with zero attached hydrogens (tertiary/aromatic N) is 4. The lowest BCUT2D eigenvalue weighted by atomic mass is 9.95. The molecular weight excluding hydrogens is 407 g/mol. The van der Waals surface area contributed by atoms with Crippen LogP contribution in [0.25, 0.3) is 11.3 Å². The highest BCUT2D eigenvalue weighted by Crippen LogP contribution is 2.32. The summed E-state index contributed by atoms with van der Waals surface area (Å²) in [5.41, 5.74) is 1.80. The van der Waals surface area contributed by atoms with Crippen LogP contribution in [0.15, 0.2) is 42.1 Å². The fourth-order valence-corrected chi connectivity index (χ4v) is 3.32. The Kier molecular flexibility index (Phi) is 6.60. The van der Waals surface area contributed by atoms with Crippen molar-refractivity contribution in [3.05, 3.63) is 47.9 Å². The predicted octanol–water partition coefficient (Wildman–Crippen LogP) is 0.275. The van der Waals surface area contributed by atoms with Gasteiger partial charge in [0.15, 0.2) is 6.23 Å². The molecule has 3 N–H and O–H groups in total. The first kappa shape index (κ1) is 21.3. The second-order valence-electron chi connectivity index (χ2n) is 6.56. The maximum atomic E-state index is 13.5. The van der Waals surface area contributed by atoms with Gasteiger partial charge >= 0.3 is 0 Å². The number of halogens is 2. The van der Waals surface area contributed by atoms with E-state index in [2.05, 4.69) is 10.3 Å². The van der Waals surface area contributed by atoms with Crippen LogP contribution in [0.2, 0.25) is 0 Å². The van der Waals surface area contributed by atoms with Crippen LogP contribution in [0.4, 0.5) is 4.39 Å². The normalized spacial score (nSPS) is 27.3. The van der Waals surface area contributed by atoms with E-state index in [4.69, 9.17) is 16.3 Å². The molecule has 0 bridgehead atoms. The third-order valence-electron chi connectivity index (χ3n) is 4.74. The fourth-order valence-electron chi connectivity index (χ4n) is 3.21. The van der Waals surface area contributed by atoms with Crippen molar-refractivity contribution < 1.29 is 29.2 Å². The van der Waals surface area contributed by atoms with Crippen molar-refractivity contribution in [2.24, 2.45) is 0 Å². The molecule has 1 aliphatic rings. The van der Waals surface area contributed by atoms with Gasteiger partial charge < -0.3 is 25.0 Å². The van der Waals surface area contributed by atoms with Gasteiger partial charge in [0, 0.05) is 24.2 Å². The Morgan fingerprint density at radius 1 is 1.41 bits per heavy atom. The number of benzene rings is 1. The van der Waals surface area contributed by atoms with E-state index in [9.17, 15) is 24.5 Å². The first-order chi connectivity index (χ1) is 13.9. The van der Waals surface area contributed by atoms with Crippen LogP contribution in [-0.2, 0) is 9.53 Å². The minimum absolute atomic E-state index is 0.321. The summed E-state index contributed by atoms with van der Waals surface area (Å²) >= 11 is 5.43. The van der Waals surface area contributed by atoms with E-state index in [1.165, 1.54) is 36.1 Å². The third kappa shape index (κ3) is 4.31. The highest BCUT2D eigenvalue weighted by Gasteiger charge is 2.48. The van der Waals surface area contributed by atoms with Crippen LogP contribution < -0.4 is 0 Å². The van der Waals surface area contributed by atoms with E-state index in [0.29, 0.717) is 11.3 Å². The lowest BCUT2D eigenvalue weighted by Crippen LogP contribution is -2.61. The second kappa shape index (κ2) is 8.97. The SMILES string of the molecule is CN(C(=O)/C=C\Cl)[C@@H]1OC(CO)[C@H](O)C(n2cc(-c3cccc(F)c3)nn2)C1O. The molecule has 3 unspecified atom stereocenters. The minimum atomic E-state index is -1.41. The molecule has 9 nitrogen and oxygen atoms in total. The van der Waals surface area contributed by atoms with Crippen molar-refractivity contribution in [2.45, 2.75) is 30.6 Å². The van der Waals surface area contributed by atoms with Gasteiger partial charge in [-0.2, -0.15) is 0 Å².